The highest BCUT2D eigenvalue weighted by molar-refractivity contribution is 9.09. The number of thiophene rings is 1. The molecule has 0 aliphatic carbocycles. The van der Waals surface area contributed by atoms with Gasteiger partial charge in [0.2, 0.25) is 0 Å². The second-order valence-electron chi connectivity index (χ2n) is 3.69. The third-order valence-corrected chi connectivity index (χ3v) is 4.14. The molecule has 3 N–H and O–H groups in total. The average Bonchev–Trinajstić information content (AvgIpc) is 2.83. The van der Waals surface area contributed by atoms with Gasteiger partial charge in [0.05, 0.1) is 17.4 Å². The number of carbonyl (C=O) groups excluding carboxylic acids is 1. The minimum atomic E-state index is -1.05. The van der Waals surface area contributed by atoms with Crippen molar-refractivity contribution >= 4 is 39.0 Å². The molecule has 1 aromatic heterocycles. The minimum absolute atomic E-state index is 0.0631. The van der Waals surface area contributed by atoms with Crippen molar-refractivity contribution < 1.29 is 24.9 Å². The van der Waals surface area contributed by atoms with Gasteiger partial charge in [-0.3, -0.25) is 9.59 Å². The minimum Gasteiger partial charge on any atom is -0.481 e. The van der Waals surface area contributed by atoms with E-state index in [1.54, 1.807) is 6.07 Å². The third-order valence-electron chi connectivity index (χ3n) is 2.28. The van der Waals surface area contributed by atoms with Crippen LogP contribution in [0.1, 0.15) is 33.5 Å². The zero-order valence-corrected chi connectivity index (χ0v) is 11.8. The van der Waals surface area contributed by atoms with Gasteiger partial charge in [-0.15, -0.1) is 11.3 Å². The summed E-state index contributed by atoms with van der Waals surface area (Å²) in [6, 6.07) is 3.10. The van der Waals surface area contributed by atoms with E-state index < -0.39 is 18.2 Å². The zero-order valence-electron chi connectivity index (χ0n) is 9.38. The van der Waals surface area contributed by atoms with Gasteiger partial charge in [-0.1, -0.05) is 15.9 Å². The van der Waals surface area contributed by atoms with Crippen molar-refractivity contribution in [2.24, 2.45) is 0 Å². The standard InChI is InChI=1S/C11H13BrO5S/c12-5-7(14)11(17)9-3-2-8(18-9)6(13)1-4-10(15)16/h2-3,7,11,14,17H,1,4-5H2,(H,15,16). The number of rotatable bonds is 7. The van der Waals surface area contributed by atoms with Gasteiger partial charge in [0, 0.05) is 16.6 Å². The number of carboxylic acids is 1. The number of Topliss-reactive ketones (excluding diaryl/α,β-unsaturated/α-hetero) is 1. The number of ketones is 1. The highest BCUT2D eigenvalue weighted by atomic mass is 79.9. The van der Waals surface area contributed by atoms with Gasteiger partial charge in [-0.25, -0.2) is 0 Å². The Balaban J connectivity index is 2.68. The van der Waals surface area contributed by atoms with E-state index >= 15 is 0 Å². The molecule has 0 saturated carbocycles. The Labute approximate surface area is 116 Å². The molecule has 0 saturated heterocycles. The number of alkyl halides is 1. The Morgan fingerprint density at radius 1 is 1.28 bits per heavy atom. The molecule has 1 aromatic rings. The molecule has 0 aliphatic rings. The van der Waals surface area contributed by atoms with Crippen molar-refractivity contribution in [1.82, 2.24) is 0 Å². The third kappa shape index (κ3) is 4.16. The van der Waals surface area contributed by atoms with Crippen molar-refractivity contribution in [2.45, 2.75) is 25.0 Å². The summed E-state index contributed by atoms with van der Waals surface area (Å²) in [4.78, 5) is 22.8. The Bertz CT molecular complexity index is 431. The molecule has 5 nitrogen and oxygen atoms in total. The maximum Gasteiger partial charge on any atom is 0.303 e. The van der Waals surface area contributed by atoms with Gasteiger partial charge in [-0.2, -0.15) is 0 Å². The van der Waals surface area contributed by atoms with Crippen molar-refractivity contribution in [3.05, 3.63) is 21.9 Å². The van der Waals surface area contributed by atoms with Crippen molar-refractivity contribution in [3.63, 3.8) is 0 Å². The van der Waals surface area contributed by atoms with Crippen LogP contribution in [0.2, 0.25) is 0 Å². The van der Waals surface area contributed by atoms with Gasteiger partial charge in [-0.05, 0) is 12.1 Å². The molecule has 0 aromatic carbocycles. The first-order valence-corrected chi connectivity index (χ1v) is 7.16. The van der Waals surface area contributed by atoms with Crippen LogP contribution in [-0.2, 0) is 4.79 Å². The second kappa shape index (κ2) is 6.98. The number of aliphatic hydroxyl groups is 2. The van der Waals surface area contributed by atoms with E-state index in [-0.39, 0.29) is 24.0 Å². The molecule has 100 valence electrons. The monoisotopic (exact) mass is 336 g/mol. The van der Waals surface area contributed by atoms with Crippen molar-refractivity contribution in [1.29, 1.82) is 0 Å². The lowest BCUT2D eigenvalue weighted by Crippen LogP contribution is -2.18. The summed E-state index contributed by atoms with van der Waals surface area (Å²) < 4.78 is 0. The molecular formula is C11H13BrO5S. The van der Waals surface area contributed by atoms with E-state index in [0.29, 0.717) is 9.75 Å². The molecule has 0 radical (unpaired) electrons. The molecule has 0 bridgehead atoms. The average molecular weight is 337 g/mol. The van der Waals surface area contributed by atoms with Gasteiger partial charge < -0.3 is 15.3 Å². The van der Waals surface area contributed by atoms with Crippen LogP contribution in [0, 0.1) is 0 Å². The van der Waals surface area contributed by atoms with E-state index in [1.807, 2.05) is 0 Å². The number of hydrogen-bond donors (Lipinski definition) is 3. The molecule has 1 rings (SSSR count). The Hall–Kier alpha value is -0.760. The topological polar surface area (TPSA) is 94.8 Å². The lowest BCUT2D eigenvalue weighted by Gasteiger charge is -2.13. The molecule has 7 heteroatoms. The molecule has 2 unspecified atom stereocenters. The largest absolute Gasteiger partial charge is 0.481 e. The van der Waals surface area contributed by atoms with E-state index in [2.05, 4.69) is 15.9 Å². The zero-order chi connectivity index (χ0) is 13.7. The van der Waals surface area contributed by atoms with Crippen LogP contribution < -0.4 is 0 Å². The van der Waals surface area contributed by atoms with E-state index in [9.17, 15) is 19.8 Å². The first-order valence-electron chi connectivity index (χ1n) is 5.22. The molecule has 18 heavy (non-hydrogen) atoms. The second-order valence-corrected chi connectivity index (χ2v) is 5.45. The lowest BCUT2D eigenvalue weighted by atomic mass is 10.2. The van der Waals surface area contributed by atoms with E-state index in [0.717, 1.165) is 11.3 Å². The number of carbonyl (C=O) groups is 2. The summed E-state index contributed by atoms with van der Waals surface area (Å²) in [7, 11) is 0. The molecule has 0 spiro atoms. The highest BCUT2D eigenvalue weighted by Crippen LogP contribution is 2.27. The predicted molar refractivity (Wildman–Crippen MR) is 70.3 cm³/mol. The normalized spacial score (nSPS) is 14.2. The Morgan fingerprint density at radius 3 is 2.50 bits per heavy atom. The smallest absolute Gasteiger partial charge is 0.303 e. The maximum atomic E-state index is 11.6. The van der Waals surface area contributed by atoms with Gasteiger partial charge >= 0.3 is 5.97 Å². The summed E-state index contributed by atoms with van der Waals surface area (Å²) >= 11 is 4.12. The van der Waals surface area contributed by atoms with Crippen LogP contribution in [-0.4, -0.2) is 38.5 Å². The summed E-state index contributed by atoms with van der Waals surface area (Å²) in [5.74, 6) is -1.29. The summed E-state index contributed by atoms with van der Waals surface area (Å²) in [5, 5.41) is 27.9. The number of aliphatic hydroxyl groups excluding tert-OH is 2. The summed E-state index contributed by atoms with van der Waals surface area (Å²) in [6.07, 6.45) is -2.26. The molecule has 1 heterocycles. The van der Waals surface area contributed by atoms with Crippen LogP contribution in [0.4, 0.5) is 0 Å². The highest BCUT2D eigenvalue weighted by Gasteiger charge is 2.20. The fourth-order valence-corrected chi connectivity index (χ4v) is 2.65. The fraction of sp³-hybridized carbons (Fsp3) is 0.455. The van der Waals surface area contributed by atoms with Crippen LogP contribution in [0.25, 0.3) is 0 Å². The summed E-state index contributed by atoms with van der Waals surface area (Å²) in [6.45, 7) is 0. The number of carboxylic acid groups (broad SMARTS) is 1. The molecule has 0 amide bonds. The van der Waals surface area contributed by atoms with Crippen LogP contribution in [0.3, 0.4) is 0 Å². The first-order chi connectivity index (χ1) is 8.45. The van der Waals surface area contributed by atoms with Crippen LogP contribution >= 0.6 is 27.3 Å². The van der Waals surface area contributed by atoms with Gasteiger partial charge in [0.1, 0.15) is 6.10 Å². The van der Waals surface area contributed by atoms with E-state index in [1.165, 1.54) is 6.07 Å². The number of aliphatic carboxylic acids is 1. The number of hydrogen-bond acceptors (Lipinski definition) is 5. The molecule has 0 fully saturated rings. The number of halogens is 1. The Morgan fingerprint density at radius 2 is 1.94 bits per heavy atom. The maximum absolute atomic E-state index is 11.6. The molecule has 2 atom stereocenters. The fourth-order valence-electron chi connectivity index (χ4n) is 1.28. The summed E-state index contributed by atoms with van der Waals surface area (Å²) in [5.41, 5.74) is 0. The van der Waals surface area contributed by atoms with Gasteiger partial charge in [0.25, 0.3) is 0 Å². The van der Waals surface area contributed by atoms with Gasteiger partial charge in [0.15, 0.2) is 5.78 Å². The lowest BCUT2D eigenvalue weighted by molar-refractivity contribution is -0.136. The molecule has 0 aliphatic heterocycles. The predicted octanol–water partition coefficient (Wildman–Crippen LogP) is 1.58. The van der Waals surface area contributed by atoms with Crippen molar-refractivity contribution in [2.75, 3.05) is 5.33 Å². The Kier molecular flexibility index (Phi) is 5.94. The SMILES string of the molecule is O=C(O)CCC(=O)c1ccc(C(O)C(O)CBr)s1. The molecular weight excluding hydrogens is 324 g/mol. The van der Waals surface area contributed by atoms with Crippen LogP contribution in [0.15, 0.2) is 12.1 Å². The van der Waals surface area contributed by atoms with E-state index in [4.69, 9.17) is 5.11 Å². The first kappa shape index (κ1) is 15.3. The van der Waals surface area contributed by atoms with Crippen molar-refractivity contribution in [3.8, 4) is 0 Å². The quantitative estimate of drug-likeness (QED) is 0.519. The van der Waals surface area contributed by atoms with Crippen LogP contribution in [0.5, 0.6) is 0 Å².